The van der Waals surface area contributed by atoms with Crippen LogP contribution in [0.15, 0.2) is 48.5 Å². The number of amides is 2. The number of carbonyl (C=O) groups excluding carboxylic acids is 2. The van der Waals surface area contributed by atoms with Crippen molar-refractivity contribution in [1.29, 1.82) is 0 Å². The van der Waals surface area contributed by atoms with Gasteiger partial charge in [0.05, 0.1) is 12.7 Å². The number of carboxylic acid groups (broad SMARTS) is 1. The van der Waals surface area contributed by atoms with Crippen LogP contribution in [0, 0.1) is 0 Å². The van der Waals surface area contributed by atoms with Crippen LogP contribution in [0.3, 0.4) is 0 Å². The highest BCUT2D eigenvalue weighted by molar-refractivity contribution is 5.90. The molecule has 0 unspecified atom stereocenters. The van der Waals surface area contributed by atoms with Gasteiger partial charge < -0.3 is 29.9 Å². The topological polar surface area (TPSA) is 125 Å². The lowest BCUT2D eigenvalue weighted by atomic mass is 9.98. The number of nitrogens with zero attached hydrogens (tertiary/aromatic N) is 1. The molecule has 1 fully saturated rings. The third-order valence-electron chi connectivity index (χ3n) is 6.11. The van der Waals surface area contributed by atoms with E-state index in [0.717, 1.165) is 27.2 Å². The summed E-state index contributed by atoms with van der Waals surface area (Å²) in [5.41, 5.74) is 4.32. The van der Waals surface area contributed by atoms with E-state index in [-0.39, 0.29) is 32.1 Å². The number of hydrogen-bond donors (Lipinski definition) is 3. The number of aliphatic carboxylic acids is 1. The molecule has 1 aliphatic heterocycles. The zero-order valence-corrected chi connectivity index (χ0v) is 18.1. The Kier molecular flexibility index (Phi) is 6.62. The van der Waals surface area contributed by atoms with E-state index in [4.69, 9.17) is 9.47 Å². The van der Waals surface area contributed by atoms with Gasteiger partial charge in [0, 0.05) is 26.0 Å². The number of nitrogens with one attached hydrogen (secondary N) is 1. The standard InChI is InChI=1S/C24H26N2O7/c1-32-13-20(22(28)26-11-14(27)10-21(26)23(29)30)25-24(31)33-12-19-17-8-4-2-6-15(17)16-7-3-5-9-18(16)19/h2-9,14,19-21,27H,10-13H2,1H3,(H,25,31)(H,29,30)/t14-,20+,21-/m1/s1. The lowest BCUT2D eigenvalue weighted by Crippen LogP contribution is -2.53. The zero-order chi connectivity index (χ0) is 23.5. The number of hydrogen-bond acceptors (Lipinski definition) is 6. The van der Waals surface area contributed by atoms with Crippen LogP contribution in [0.5, 0.6) is 0 Å². The van der Waals surface area contributed by atoms with E-state index in [9.17, 15) is 24.6 Å². The van der Waals surface area contributed by atoms with Gasteiger partial charge in [-0.15, -0.1) is 0 Å². The lowest BCUT2D eigenvalue weighted by molar-refractivity contribution is -0.149. The molecule has 1 heterocycles. The van der Waals surface area contributed by atoms with E-state index in [1.165, 1.54) is 7.11 Å². The Morgan fingerprint density at radius 1 is 1.09 bits per heavy atom. The van der Waals surface area contributed by atoms with Crippen molar-refractivity contribution in [1.82, 2.24) is 10.2 Å². The predicted molar refractivity (Wildman–Crippen MR) is 118 cm³/mol. The van der Waals surface area contributed by atoms with Crippen molar-refractivity contribution in [3.05, 3.63) is 59.7 Å². The Hall–Kier alpha value is -3.43. The minimum atomic E-state index is -1.21. The highest BCUT2D eigenvalue weighted by Gasteiger charge is 2.41. The second kappa shape index (κ2) is 9.60. The Morgan fingerprint density at radius 3 is 2.27 bits per heavy atom. The fraction of sp³-hybridized carbons (Fsp3) is 0.375. The van der Waals surface area contributed by atoms with Gasteiger partial charge >= 0.3 is 12.1 Å². The van der Waals surface area contributed by atoms with E-state index in [0.29, 0.717) is 0 Å². The molecule has 1 aliphatic carbocycles. The fourth-order valence-corrected chi connectivity index (χ4v) is 4.62. The van der Waals surface area contributed by atoms with E-state index in [2.05, 4.69) is 5.32 Å². The number of β-amino-alcohol motifs (C(OH)–C–C–N with tert-alkyl or cyclic N) is 1. The lowest BCUT2D eigenvalue weighted by Gasteiger charge is -2.26. The molecule has 2 aliphatic rings. The molecule has 4 rings (SSSR count). The van der Waals surface area contributed by atoms with Crippen molar-refractivity contribution in [3.8, 4) is 11.1 Å². The molecule has 9 heteroatoms. The second-order valence-corrected chi connectivity index (χ2v) is 8.21. The maximum atomic E-state index is 12.9. The van der Waals surface area contributed by atoms with Crippen LogP contribution in [-0.2, 0) is 19.1 Å². The first kappa shape index (κ1) is 22.8. The highest BCUT2D eigenvalue weighted by Crippen LogP contribution is 2.44. The summed E-state index contributed by atoms with van der Waals surface area (Å²) in [5.74, 6) is -1.99. The minimum absolute atomic E-state index is 0.0638. The normalized spacial score (nSPS) is 20.1. The van der Waals surface area contributed by atoms with Gasteiger partial charge in [0.25, 0.3) is 0 Å². The van der Waals surface area contributed by atoms with Crippen molar-refractivity contribution >= 4 is 18.0 Å². The van der Waals surface area contributed by atoms with Crippen LogP contribution < -0.4 is 5.32 Å². The predicted octanol–water partition coefficient (Wildman–Crippen LogP) is 1.59. The van der Waals surface area contributed by atoms with Gasteiger partial charge in [0.1, 0.15) is 18.7 Å². The summed E-state index contributed by atoms with van der Waals surface area (Å²) in [6, 6.07) is 13.6. The van der Waals surface area contributed by atoms with Gasteiger partial charge in [-0.3, -0.25) is 4.79 Å². The molecule has 9 nitrogen and oxygen atoms in total. The summed E-state index contributed by atoms with van der Waals surface area (Å²) < 4.78 is 10.5. The van der Waals surface area contributed by atoms with E-state index in [1.807, 2.05) is 48.5 Å². The maximum Gasteiger partial charge on any atom is 0.407 e. The molecular weight excluding hydrogens is 428 g/mol. The van der Waals surface area contributed by atoms with Crippen LogP contribution >= 0.6 is 0 Å². The SMILES string of the molecule is COC[C@H](NC(=O)OCC1c2ccccc2-c2ccccc21)C(=O)N1C[C@H](O)C[C@@H]1C(=O)O. The van der Waals surface area contributed by atoms with Crippen molar-refractivity contribution in [3.63, 3.8) is 0 Å². The van der Waals surface area contributed by atoms with Crippen molar-refractivity contribution in [2.24, 2.45) is 0 Å². The Morgan fingerprint density at radius 2 is 1.70 bits per heavy atom. The smallest absolute Gasteiger partial charge is 0.407 e. The van der Waals surface area contributed by atoms with E-state index in [1.54, 1.807) is 0 Å². The Bertz CT molecular complexity index is 1010. The fourth-order valence-electron chi connectivity index (χ4n) is 4.62. The first-order valence-electron chi connectivity index (χ1n) is 10.7. The van der Waals surface area contributed by atoms with Gasteiger partial charge in [0.15, 0.2) is 0 Å². The van der Waals surface area contributed by atoms with Crippen LogP contribution in [0.2, 0.25) is 0 Å². The van der Waals surface area contributed by atoms with Gasteiger partial charge in [-0.25, -0.2) is 9.59 Å². The average Bonchev–Trinajstić information content (AvgIpc) is 3.35. The van der Waals surface area contributed by atoms with Gasteiger partial charge in [-0.2, -0.15) is 0 Å². The number of carbonyl (C=O) groups is 3. The number of alkyl carbamates (subject to hydrolysis) is 1. The highest BCUT2D eigenvalue weighted by atomic mass is 16.5. The van der Waals surface area contributed by atoms with Crippen LogP contribution in [0.25, 0.3) is 11.1 Å². The molecule has 3 atom stereocenters. The summed E-state index contributed by atoms with van der Waals surface area (Å²) in [7, 11) is 1.37. The third kappa shape index (κ3) is 4.55. The number of carboxylic acids is 1. The molecule has 0 spiro atoms. The molecule has 33 heavy (non-hydrogen) atoms. The number of fused-ring (bicyclic) bond motifs is 3. The number of ether oxygens (including phenoxy) is 2. The largest absolute Gasteiger partial charge is 0.480 e. The third-order valence-corrected chi connectivity index (χ3v) is 6.11. The summed E-state index contributed by atoms with van der Waals surface area (Å²) in [6.07, 6.45) is -1.81. The molecule has 0 aromatic heterocycles. The monoisotopic (exact) mass is 454 g/mol. The molecular formula is C24H26N2O7. The summed E-state index contributed by atoms with van der Waals surface area (Å²) in [6.45, 7) is -0.210. The number of rotatable bonds is 7. The van der Waals surface area contributed by atoms with Gasteiger partial charge in [0.2, 0.25) is 5.91 Å². The molecule has 2 amide bonds. The molecule has 2 aromatic rings. The van der Waals surface area contributed by atoms with Crippen molar-refractivity contribution < 1.29 is 34.1 Å². The molecule has 0 bridgehead atoms. The van der Waals surface area contributed by atoms with Crippen LogP contribution in [-0.4, -0.2) is 78.1 Å². The quantitative estimate of drug-likeness (QED) is 0.580. The van der Waals surface area contributed by atoms with E-state index >= 15 is 0 Å². The van der Waals surface area contributed by atoms with Crippen molar-refractivity contribution in [2.75, 3.05) is 26.9 Å². The first-order valence-corrected chi connectivity index (χ1v) is 10.7. The molecule has 0 saturated carbocycles. The maximum absolute atomic E-state index is 12.9. The Labute approximate surface area is 190 Å². The van der Waals surface area contributed by atoms with Gasteiger partial charge in [-0.05, 0) is 22.3 Å². The van der Waals surface area contributed by atoms with Gasteiger partial charge in [-0.1, -0.05) is 48.5 Å². The number of aliphatic hydroxyl groups is 1. The second-order valence-electron chi connectivity index (χ2n) is 8.21. The number of benzene rings is 2. The molecule has 174 valence electrons. The number of methoxy groups -OCH3 is 1. The zero-order valence-electron chi connectivity index (χ0n) is 18.1. The van der Waals surface area contributed by atoms with Crippen molar-refractivity contribution in [2.45, 2.75) is 30.5 Å². The molecule has 0 radical (unpaired) electrons. The average molecular weight is 454 g/mol. The molecule has 1 saturated heterocycles. The van der Waals surface area contributed by atoms with Crippen LogP contribution in [0.4, 0.5) is 4.79 Å². The first-order chi connectivity index (χ1) is 15.9. The molecule has 3 N–H and O–H groups in total. The summed E-state index contributed by atoms with van der Waals surface area (Å²) >= 11 is 0. The Balaban J connectivity index is 1.43. The van der Waals surface area contributed by atoms with Crippen LogP contribution in [0.1, 0.15) is 23.5 Å². The number of likely N-dealkylation sites (tertiary alicyclic amines) is 1. The minimum Gasteiger partial charge on any atom is -0.480 e. The van der Waals surface area contributed by atoms with E-state index < -0.39 is 36.2 Å². The summed E-state index contributed by atoms with van der Waals surface area (Å²) in [4.78, 5) is 38.0. The molecule has 2 aromatic carbocycles. The summed E-state index contributed by atoms with van der Waals surface area (Å²) in [5, 5.41) is 21.7. The number of aliphatic hydroxyl groups excluding tert-OH is 1.